The highest BCUT2D eigenvalue weighted by atomic mass is 16.6. The number of azide groups is 3. The summed E-state index contributed by atoms with van der Waals surface area (Å²) < 4.78 is 56.9. The molecule has 1 atom stereocenters. The first kappa shape index (κ1) is 59.2. The number of carbonyl (C=O) groups is 4. The van der Waals surface area contributed by atoms with Gasteiger partial charge in [0.1, 0.15) is 5.60 Å². The fourth-order valence-corrected chi connectivity index (χ4v) is 5.72. The van der Waals surface area contributed by atoms with Gasteiger partial charge in [-0.25, -0.2) is 4.79 Å². The van der Waals surface area contributed by atoms with Gasteiger partial charge in [0.05, 0.1) is 96.2 Å². The van der Waals surface area contributed by atoms with Crippen molar-refractivity contribution in [3.63, 3.8) is 0 Å². The monoisotopic (exact) mass is 955 g/mol. The van der Waals surface area contributed by atoms with Crippen LogP contribution in [0.4, 0.5) is 0 Å². The first-order valence-corrected chi connectivity index (χ1v) is 21.7. The minimum Gasteiger partial charge on any atom is -0.490 e. The number of hydrogen-bond acceptors (Lipinski definition) is 17. The van der Waals surface area contributed by atoms with Crippen LogP contribution >= 0.6 is 0 Å². The molecule has 0 fully saturated rings. The minimum absolute atomic E-state index is 0.00706. The molecule has 1 rings (SSSR count). The Kier molecular flexibility index (Phi) is 32.1. The summed E-state index contributed by atoms with van der Waals surface area (Å²) in [6, 6.07) is 2.68. The third-order valence-electron chi connectivity index (χ3n) is 9.17. The van der Waals surface area contributed by atoms with E-state index >= 15 is 0 Å². The summed E-state index contributed by atoms with van der Waals surface area (Å²) in [7, 11) is 0. The van der Waals surface area contributed by atoms with E-state index in [9.17, 15) is 34.5 Å². The number of carbonyl (C=O) groups excluding carboxylic acids is 1. The number of carboxylic acid groups (broad SMARTS) is 3. The normalized spacial score (nSPS) is 12.3. The van der Waals surface area contributed by atoms with Gasteiger partial charge in [0.2, 0.25) is 5.75 Å². The summed E-state index contributed by atoms with van der Waals surface area (Å²) in [5.74, 6) is -5.14. The van der Waals surface area contributed by atoms with E-state index in [4.69, 9.17) is 64.0 Å². The maximum absolute atomic E-state index is 13.4. The van der Waals surface area contributed by atoms with E-state index in [-0.39, 0.29) is 186 Å². The third kappa shape index (κ3) is 28.8. The molecule has 67 heavy (non-hydrogen) atoms. The second-order valence-corrected chi connectivity index (χ2v) is 15.3. The van der Waals surface area contributed by atoms with Crippen molar-refractivity contribution >= 4 is 23.9 Å². The Labute approximate surface area is 388 Å². The van der Waals surface area contributed by atoms with Gasteiger partial charge in [-0.05, 0) is 88.0 Å². The van der Waals surface area contributed by atoms with Gasteiger partial charge in [0, 0.05) is 60.6 Å². The van der Waals surface area contributed by atoms with Crippen molar-refractivity contribution in [3.05, 3.63) is 49.0 Å². The van der Waals surface area contributed by atoms with Crippen LogP contribution in [0.1, 0.15) is 76.1 Å². The zero-order valence-electron chi connectivity index (χ0n) is 38.5. The van der Waals surface area contributed by atoms with E-state index in [2.05, 4.69) is 30.1 Å². The molecule has 0 heterocycles. The van der Waals surface area contributed by atoms with Gasteiger partial charge in [-0.15, -0.1) is 0 Å². The number of rotatable bonds is 43. The van der Waals surface area contributed by atoms with E-state index in [1.54, 1.807) is 20.8 Å². The Morgan fingerprint density at radius 1 is 0.582 bits per heavy atom. The van der Waals surface area contributed by atoms with Crippen LogP contribution in [-0.2, 0) is 47.5 Å². The summed E-state index contributed by atoms with van der Waals surface area (Å²) in [6.45, 7) is 6.58. The molecule has 26 nitrogen and oxygen atoms in total. The standard InChI is InChI=1S/C41H65N9O17/c1-40(2,3)67-38(55)32-29-33(64-14-4-5-35(51)52)36(66-16-7-31(37(53)54)6-15-58-23-26-61-20-11-45-48-42)34(30-32)65-19-10-41(39(56)57,8-17-59-24-27-62-21-12-46-49-43)9-18-60-25-28-63-22-13-47-50-44/h29-31H,4-28H2,1-3H3,(H,51,52)(H,53,54)(H,56,57). The highest BCUT2D eigenvalue weighted by Gasteiger charge is 2.38. The van der Waals surface area contributed by atoms with Crippen molar-refractivity contribution in [2.45, 2.75) is 71.3 Å². The lowest BCUT2D eigenvalue weighted by Gasteiger charge is -2.30. The highest BCUT2D eigenvalue weighted by molar-refractivity contribution is 5.91. The van der Waals surface area contributed by atoms with Crippen molar-refractivity contribution in [2.75, 3.05) is 119 Å². The number of carboxylic acids is 3. The van der Waals surface area contributed by atoms with E-state index < -0.39 is 40.8 Å². The Morgan fingerprint density at radius 2 is 1.01 bits per heavy atom. The fraction of sp³-hybridized carbons (Fsp3) is 0.756. The molecule has 26 heteroatoms. The summed E-state index contributed by atoms with van der Waals surface area (Å²) in [5, 5.41) is 40.0. The Bertz CT molecular complexity index is 1730. The van der Waals surface area contributed by atoms with Crippen molar-refractivity contribution < 1.29 is 81.9 Å². The molecule has 0 amide bonds. The van der Waals surface area contributed by atoms with E-state index in [0.29, 0.717) is 0 Å². The molecule has 0 saturated carbocycles. The zero-order valence-corrected chi connectivity index (χ0v) is 38.5. The lowest BCUT2D eigenvalue weighted by molar-refractivity contribution is -0.153. The largest absolute Gasteiger partial charge is 0.490 e. The van der Waals surface area contributed by atoms with Crippen LogP contribution in [0.3, 0.4) is 0 Å². The lowest BCUT2D eigenvalue weighted by atomic mass is 9.78. The minimum atomic E-state index is -1.47. The predicted octanol–water partition coefficient (Wildman–Crippen LogP) is 6.40. The van der Waals surface area contributed by atoms with Gasteiger partial charge in [0.25, 0.3) is 0 Å². The number of esters is 1. The van der Waals surface area contributed by atoms with Crippen LogP contribution in [-0.4, -0.2) is 164 Å². The molecule has 0 radical (unpaired) electrons. The van der Waals surface area contributed by atoms with E-state index in [1.807, 2.05) is 0 Å². The molecule has 1 aromatic rings. The van der Waals surface area contributed by atoms with Crippen molar-refractivity contribution in [3.8, 4) is 17.2 Å². The molecule has 0 bridgehead atoms. The summed E-state index contributed by atoms with van der Waals surface area (Å²) in [4.78, 5) is 58.0. The molecule has 0 aliphatic heterocycles. The van der Waals surface area contributed by atoms with Crippen molar-refractivity contribution in [1.29, 1.82) is 0 Å². The number of hydrogen-bond donors (Lipinski definition) is 3. The zero-order chi connectivity index (χ0) is 49.6. The topological polar surface area (TPSA) is 368 Å². The molecule has 1 unspecified atom stereocenters. The second kappa shape index (κ2) is 36.3. The SMILES string of the molecule is CC(C)(C)OC(=O)c1cc(OCCCC(=O)O)c(OCCC(CCOCCOCCN=[N+]=[N-])C(=O)O)c(OCCC(CCOCCOCCN=[N+]=[N-])(CCOCCOCCN=[N+]=[N-])C(=O)O)c1. The molecule has 0 saturated heterocycles. The summed E-state index contributed by atoms with van der Waals surface area (Å²) in [6.07, 6.45) is -0.110. The van der Waals surface area contributed by atoms with Crippen molar-refractivity contribution in [1.82, 2.24) is 0 Å². The van der Waals surface area contributed by atoms with Crippen LogP contribution < -0.4 is 14.2 Å². The lowest BCUT2D eigenvalue weighted by Crippen LogP contribution is -2.36. The predicted molar refractivity (Wildman–Crippen MR) is 236 cm³/mol. The quantitative estimate of drug-likeness (QED) is 0.0210. The van der Waals surface area contributed by atoms with Crippen LogP contribution in [0.2, 0.25) is 0 Å². The van der Waals surface area contributed by atoms with E-state index in [1.165, 1.54) is 12.1 Å². The molecule has 0 aliphatic carbocycles. The second-order valence-electron chi connectivity index (χ2n) is 15.3. The van der Waals surface area contributed by atoms with Gasteiger partial charge < -0.3 is 62.7 Å². The van der Waals surface area contributed by atoms with Gasteiger partial charge >= 0.3 is 23.9 Å². The van der Waals surface area contributed by atoms with Gasteiger partial charge in [0.15, 0.2) is 11.5 Å². The van der Waals surface area contributed by atoms with Crippen LogP contribution in [0.15, 0.2) is 27.5 Å². The Balaban J connectivity index is 3.40. The third-order valence-corrected chi connectivity index (χ3v) is 9.17. The van der Waals surface area contributed by atoms with Crippen LogP contribution in [0.5, 0.6) is 17.2 Å². The first-order valence-electron chi connectivity index (χ1n) is 21.7. The smallest absolute Gasteiger partial charge is 0.338 e. The van der Waals surface area contributed by atoms with Gasteiger partial charge in [-0.2, -0.15) is 0 Å². The number of ether oxygens (including phenoxy) is 10. The molecule has 376 valence electrons. The molecular formula is C41H65N9O17. The van der Waals surface area contributed by atoms with Crippen molar-refractivity contribution in [2.24, 2.45) is 26.7 Å². The fourth-order valence-electron chi connectivity index (χ4n) is 5.72. The highest BCUT2D eigenvalue weighted by Crippen LogP contribution is 2.41. The molecule has 1 aromatic carbocycles. The molecule has 0 spiro atoms. The Morgan fingerprint density at radius 3 is 1.45 bits per heavy atom. The summed E-state index contributed by atoms with van der Waals surface area (Å²) >= 11 is 0. The number of aliphatic carboxylic acids is 3. The Hall–Kier alpha value is -5.81. The molecular weight excluding hydrogens is 890 g/mol. The maximum Gasteiger partial charge on any atom is 0.338 e. The maximum atomic E-state index is 13.4. The van der Waals surface area contributed by atoms with Crippen LogP contribution in [0.25, 0.3) is 31.3 Å². The van der Waals surface area contributed by atoms with Gasteiger partial charge in [-0.3, -0.25) is 14.4 Å². The molecule has 3 N–H and O–H groups in total. The first-order chi connectivity index (χ1) is 32.2. The number of benzene rings is 1. The summed E-state index contributed by atoms with van der Waals surface area (Å²) in [5.41, 5.74) is 22.8. The molecule has 0 aromatic heterocycles. The average molecular weight is 956 g/mol. The average Bonchev–Trinajstić information content (AvgIpc) is 3.27. The molecule has 0 aliphatic rings. The van der Waals surface area contributed by atoms with Gasteiger partial charge in [-0.1, -0.05) is 15.3 Å². The van der Waals surface area contributed by atoms with E-state index in [0.717, 1.165) is 0 Å². The van der Waals surface area contributed by atoms with Crippen LogP contribution in [0, 0.1) is 11.3 Å². The number of nitrogens with zero attached hydrogens (tertiary/aromatic N) is 9.